The first-order valence-electron chi connectivity index (χ1n) is 3.61. The average molecular weight is 203 g/mol. The molecule has 0 saturated carbocycles. The molecule has 4 nitrogen and oxygen atoms in total. The van der Waals surface area contributed by atoms with Crippen LogP contribution in [0.25, 0.3) is 0 Å². The van der Waals surface area contributed by atoms with Gasteiger partial charge >= 0.3 is 5.97 Å². The molecular weight excluding hydrogens is 196 g/mol. The minimum atomic E-state index is -2.89. The van der Waals surface area contributed by atoms with E-state index in [4.69, 9.17) is 5.11 Å². The lowest BCUT2D eigenvalue weighted by molar-refractivity contribution is 0.0585. The summed E-state index contributed by atoms with van der Waals surface area (Å²) in [6, 6.07) is 0. The summed E-state index contributed by atoms with van der Waals surface area (Å²) in [5, 5.41) is 9.15. The lowest BCUT2D eigenvalue weighted by Crippen LogP contribution is -2.07. The molecule has 0 fully saturated rings. The molecule has 0 amide bonds. The Labute approximate surface area is 78.1 Å². The van der Waals surface area contributed by atoms with E-state index in [0.717, 1.165) is 19.5 Å². The summed E-state index contributed by atoms with van der Waals surface area (Å²) in [6.07, 6.45) is -1.17. The van der Waals surface area contributed by atoms with Crippen LogP contribution < -0.4 is 0 Å². The van der Waals surface area contributed by atoms with E-state index >= 15 is 0 Å². The molecule has 0 saturated heterocycles. The van der Waals surface area contributed by atoms with E-state index < -0.39 is 29.3 Å². The Morgan fingerprint density at radius 1 is 1.57 bits per heavy atom. The van der Waals surface area contributed by atoms with Crippen LogP contribution in [0, 0.1) is 0 Å². The van der Waals surface area contributed by atoms with Crippen molar-refractivity contribution in [2.75, 3.05) is 7.11 Å². The summed E-state index contributed by atoms with van der Waals surface area (Å²) in [5.41, 5.74) is -1.19. The van der Waals surface area contributed by atoms with E-state index in [-0.39, 0.29) is 0 Å². The molecule has 1 aromatic heterocycles. The van der Waals surface area contributed by atoms with Crippen LogP contribution >= 0.6 is 0 Å². The molecule has 0 radical (unpaired) electrons. The highest BCUT2D eigenvalue weighted by Crippen LogP contribution is 2.28. The zero-order valence-corrected chi connectivity index (χ0v) is 7.20. The molecule has 1 N–H and O–H groups in total. The normalized spacial score (nSPS) is 10.3. The number of ether oxygens (including phenoxy) is 1. The van der Waals surface area contributed by atoms with Crippen LogP contribution in [-0.2, 0) is 4.74 Å². The monoisotopic (exact) mass is 203 g/mol. The van der Waals surface area contributed by atoms with Crippen LogP contribution in [0.2, 0.25) is 0 Å². The van der Waals surface area contributed by atoms with Gasteiger partial charge in [-0.1, -0.05) is 0 Å². The predicted molar refractivity (Wildman–Crippen MR) is 42.2 cm³/mol. The number of esters is 1. The van der Waals surface area contributed by atoms with Crippen LogP contribution in [0.15, 0.2) is 12.4 Å². The van der Waals surface area contributed by atoms with Gasteiger partial charge in [0.1, 0.15) is 11.3 Å². The second-order valence-corrected chi connectivity index (χ2v) is 2.42. The Bertz CT molecular complexity index is 354. The molecule has 1 aromatic rings. The number of halogens is 2. The summed E-state index contributed by atoms with van der Waals surface area (Å²) in [6.45, 7) is 0. The molecule has 0 spiro atoms. The van der Waals surface area contributed by atoms with Gasteiger partial charge in [0.25, 0.3) is 6.43 Å². The Morgan fingerprint density at radius 3 is 2.71 bits per heavy atom. The van der Waals surface area contributed by atoms with Crippen molar-refractivity contribution in [2.45, 2.75) is 6.43 Å². The molecule has 1 heterocycles. The van der Waals surface area contributed by atoms with Gasteiger partial charge in [0.2, 0.25) is 0 Å². The molecule has 0 atom stereocenters. The molecule has 0 aromatic carbocycles. The third-order valence-electron chi connectivity index (χ3n) is 1.58. The van der Waals surface area contributed by atoms with Crippen LogP contribution in [0.4, 0.5) is 8.78 Å². The van der Waals surface area contributed by atoms with Gasteiger partial charge in [0, 0.05) is 6.20 Å². The number of hydrogen-bond acceptors (Lipinski definition) is 4. The Balaban J connectivity index is 3.29. The van der Waals surface area contributed by atoms with Gasteiger partial charge < -0.3 is 9.84 Å². The maximum absolute atomic E-state index is 12.3. The lowest BCUT2D eigenvalue weighted by atomic mass is 10.1. The summed E-state index contributed by atoms with van der Waals surface area (Å²) >= 11 is 0. The third kappa shape index (κ3) is 1.78. The molecule has 0 aliphatic rings. The smallest absolute Gasteiger partial charge is 0.342 e. The van der Waals surface area contributed by atoms with Crippen LogP contribution in [-0.4, -0.2) is 23.2 Å². The second-order valence-electron chi connectivity index (χ2n) is 2.42. The minimum absolute atomic E-state index is 0.544. The number of nitrogens with zero attached hydrogens (tertiary/aromatic N) is 1. The standard InChI is InChI=1S/C8H7F2NO3/c1-14-8(13)6-4(7(9)10)2-11-3-5(6)12/h2-3,7,12H,1H3. The topological polar surface area (TPSA) is 59.4 Å². The van der Waals surface area contributed by atoms with Crippen molar-refractivity contribution in [1.82, 2.24) is 4.98 Å². The number of rotatable bonds is 2. The number of methoxy groups -OCH3 is 1. The lowest BCUT2D eigenvalue weighted by Gasteiger charge is -2.07. The van der Waals surface area contributed by atoms with Crippen LogP contribution in [0.5, 0.6) is 5.75 Å². The van der Waals surface area contributed by atoms with Gasteiger partial charge in [0.05, 0.1) is 18.9 Å². The van der Waals surface area contributed by atoms with Gasteiger partial charge in [-0.05, 0) is 0 Å². The predicted octanol–water partition coefficient (Wildman–Crippen LogP) is 1.51. The third-order valence-corrected chi connectivity index (χ3v) is 1.58. The van der Waals surface area contributed by atoms with Crippen molar-refractivity contribution in [3.05, 3.63) is 23.5 Å². The first-order chi connectivity index (χ1) is 6.57. The number of pyridine rings is 1. The number of alkyl halides is 2. The fourth-order valence-corrected chi connectivity index (χ4v) is 0.955. The number of carbonyl (C=O) groups excluding carboxylic acids is 1. The summed E-state index contributed by atoms with van der Waals surface area (Å²) in [7, 11) is 1.04. The highest BCUT2D eigenvalue weighted by molar-refractivity contribution is 5.93. The maximum atomic E-state index is 12.3. The number of carbonyl (C=O) groups is 1. The summed E-state index contributed by atoms with van der Waals surface area (Å²) in [4.78, 5) is 14.4. The number of aromatic hydroxyl groups is 1. The van der Waals surface area contributed by atoms with Crippen molar-refractivity contribution in [1.29, 1.82) is 0 Å². The average Bonchev–Trinajstić information content (AvgIpc) is 2.16. The van der Waals surface area contributed by atoms with Crippen molar-refractivity contribution in [2.24, 2.45) is 0 Å². The van der Waals surface area contributed by atoms with E-state index in [1.54, 1.807) is 0 Å². The van der Waals surface area contributed by atoms with E-state index in [1.807, 2.05) is 0 Å². The van der Waals surface area contributed by atoms with Crippen molar-refractivity contribution in [3.8, 4) is 5.75 Å². The molecule has 1 rings (SSSR count). The Morgan fingerprint density at radius 2 is 2.21 bits per heavy atom. The van der Waals surface area contributed by atoms with E-state index in [0.29, 0.717) is 0 Å². The maximum Gasteiger partial charge on any atom is 0.342 e. The fraction of sp³-hybridized carbons (Fsp3) is 0.250. The van der Waals surface area contributed by atoms with Crippen molar-refractivity contribution in [3.63, 3.8) is 0 Å². The zero-order valence-electron chi connectivity index (χ0n) is 7.20. The first-order valence-corrected chi connectivity index (χ1v) is 3.61. The molecule has 0 aliphatic carbocycles. The number of hydrogen-bond donors (Lipinski definition) is 1. The molecule has 76 valence electrons. The quantitative estimate of drug-likeness (QED) is 0.740. The van der Waals surface area contributed by atoms with E-state index in [2.05, 4.69) is 9.72 Å². The largest absolute Gasteiger partial charge is 0.505 e. The minimum Gasteiger partial charge on any atom is -0.505 e. The van der Waals surface area contributed by atoms with Crippen LogP contribution in [0.3, 0.4) is 0 Å². The second kappa shape index (κ2) is 3.99. The highest BCUT2D eigenvalue weighted by Gasteiger charge is 2.22. The van der Waals surface area contributed by atoms with Gasteiger partial charge in [0.15, 0.2) is 0 Å². The Hall–Kier alpha value is -1.72. The molecule has 14 heavy (non-hydrogen) atoms. The molecule has 6 heteroatoms. The molecule has 0 unspecified atom stereocenters. The summed E-state index contributed by atoms with van der Waals surface area (Å²) in [5.74, 6) is -1.63. The summed E-state index contributed by atoms with van der Waals surface area (Å²) < 4.78 is 28.9. The van der Waals surface area contributed by atoms with Crippen LogP contribution in [0.1, 0.15) is 22.3 Å². The van der Waals surface area contributed by atoms with E-state index in [1.165, 1.54) is 0 Å². The fourth-order valence-electron chi connectivity index (χ4n) is 0.955. The van der Waals surface area contributed by atoms with Gasteiger partial charge in [-0.2, -0.15) is 0 Å². The first kappa shape index (κ1) is 10.4. The van der Waals surface area contributed by atoms with Gasteiger partial charge in [-0.25, -0.2) is 13.6 Å². The van der Waals surface area contributed by atoms with Crippen molar-refractivity contribution < 1.29 is 23.4 Å². The van der Waals surface area contributed by atoms with Gasteiger partial charge in [-0.3, -0.25) is 4.98 Å². The molecule has 0 aliphatic heterocycles. The SMILES string of the molecule is COC(=O)c1c(O)cncc1C(F)F. The molecule has 0 bridgehead atoms. The zero-order chi connectivity index (χ0) is 10.7. The molecular formula is C8H7F2NO3. The highest BCUT2D eigenvalue weighted by atomic mass is 19.3. The van der Waals surface area contributed by atoms with Gasteiger partial charge in [-0.15, -0.1) is 0 Å². The van der Waals surface area contributed by atoms with Crippen molar-refractivity contribution >= 4 is 5.97 Å². The number of aromatic nitrogens is 1. The van der Waals surface area contributed by atoms with E-state index in [9.17, 15) is 13.6 Å². The Kier molecular flexibility index (Phi) is 2.95.